The zero-order valence-electron chi connectivity index (χ0n) is 13.1. The van der Waals surface area contributed by atoms with Gasteiger partial charge in [0.05, 0.1) is 0 Å². The second kappa shape index (κ2) is 7.45. The molecular formula is C16H21BrN4O. The van der Waals surface area contributed by atoms with Crippen LogP contribution in [0.5, 0.6) is 0 Å². The van der Waals surface area contributed by atoms with E-state index in [0.717, 1.165) is 40.1 Å². The Kier molecular flexibility index (Phi) is 5.60. The Morgan fingerprint density at radius 2 is 1.95 bits per heavy atom. The van der Waals surface area contributed by atoms with Crippen LogP contribution in [0.25, 0.3) is 0 Å². The van der Waals surface area contributed by atoms with Crippen molar-refractivity contribution >= 4 is 27.6 Å². The Hall–Kier alpha value is -1.82. The summed E-state index contributed by atoms with van der Waals surface area (Å²) in [5.41, 5.74) is 2.94. The molecule has 0 fully saturated rings. The number of imidazole rings is 1. The second-order valence-electron chi connectivity index (χ2n) is 5.32. The van der Waals surface area contributed by atoms with Gasteiger partial charge in [0.25, 0.3) is 0 Å². The number of benzene rings is 1. The van der Waals surface area contributed by atoms with E-state index in [4.69, 9.17) is 0 Å². The van der Waals surface area contributed by atoms with Crippen molar-refractivity contribution in [2.24, 2.45) is 0 Å². The van der Waals surface area contributed by atoms with Crippen molar-refractivity contribution in [1.82, 2.24) is 14.9 Å². The van der Waals surface area contributed by atoms with Crippen molar-refractivity contribution in [3.63, 3.8) is 0 Å². The van der Waals surface area contributed by atoms with Gasteiger partial charge in [-0.3, -0.25) is 0 Å². The number of rotatable bonds is 5. The monoisotopic (exact) mass is 364 g/mol. The van der Waals surface area contributed by atoms with E-state index in [1.165, 1.54) is 0 Å². The minimum atomic E-state index is -0.170. The maximum Gasteiger partial charge on any atom is 0.319 e. The maximum absolute atomic E-state index is 12.0. The number of hydrogen-bond donors (Lipinski definition) is 2. The van der Waals surface area contributed by atoms with Gasteiger partial charge in [-0.15, -0.1) is 0 Å². The third-order valence-corrected chi connectivity index (χ3v) is 3.98. The molecule has 0 atom stereocenters. The quantitative estimate of drug-likeness (QED) is 0.793. The number of carbonyl (C=O) groups is 1. The molecule has 2 rings (SSSR count). The summed E-state index contributed by atoms with van der Waals surface area (Å²) in [5.74, 6) is 0.991. The fraction of sp³-hybridized carbons (Fsp3) is 0.375. The highest BCUT2D eigenvalue weighted by Crippen LogP contribution is 2.24. The lowest BCUT2D eigenvalue weighted by atomic mass is 10.1. The molecular weight excluding hydrogens is 344 g/mol. The topological polar surface area (TPSA) is 59.0 Å². The van der Waals surface area contributed by atoms with Gasteiger partial charge in [-0.25, -0.2) is 9.78 Å². The SMILES string of the molecule is Cc1cc(Br)cc(C)c1NC(=O)NCCCn1ccnc1C. The van der Waals surface area contributed by atoms with Crippen molar-refractivity contribution in [1.29, 1.82) is 0 Å². The van der Waals surface area contributed by atoms with Crippen molar-refractivity contribution in [3.05, 3.63) is 46.0 Å². The van der Waals surface area contributed by atoms with Gasteiger partial charge in [0.2, 0.25) is 0 Å². The second-order valence-corrected chi connectivity index (χ2v) is 6.23. The van der Waals surface area contributed by atoms with Crippen LogP contribution < -0.4 is 10.6 Å². The average Bonchev–Trinajstić information content (AvgIpc) is 2.84. The first-order valence-electron chi connectivity index (χ1n) is 7.26. The number of amides is 2. The molecule has 0 saturated heterocycles. The predicted molar refractivity (Wildman–Crippen MR) is 92.2 cm³/mol. The molecule has 6 heteroatoms. The summed E-state index contributed by atoms with van der Waals surface area (Å²) in [6, 6.07) is 3.81. The Morgan fingerprint density at radius 1 is 1.27 bits per heavy atom. The Labute approximate surface area is 139 Å². The fourth-order valence-corrected chi connectivity index (χ4v) is 3.04. The molecule has 0 radical (unpaired) electrons. The number of urea groups is 1. The standard InChI is InChI=1S/C16H21BrN4O/c1-11-9-14(17)10-12(2)15(11)20-16(22)19-5-4-7-21-8-6-18-13(21)3/h6,8-10H,4-5,7H2,1-3H3,(H2,19,20,22). The zero-order chi connectivity index (χ0) is 16.1. The summed E-state index contributed by atoms with van der Waals surface area (Å²) in [4.78, 5) is 16.1. The third-order valence-electron chi connectivity index (χ3n) is 3.52. The van der Waals surface area contributed by atoms with Gasteiger partial charge in [-0.1, -0.05) is 15.9 Å². The highest BCUT2D eigenvalue weighted by Gasteiger charge is 2.08. The summed E-state index contributed by atoms with van der Waals surface area (Å²) in [6.45, 7) is 7.41. The van der Waals surface area contributed by atoms with Crippen LogP contribution >= 0.6 is 15.9 Å². The number of aromatic nitrogens is 2. The van der Waals surface area contributed by atoms with Crippen LogP contribution in [-0.2, 0) is 6.54 Å². The third kappa shape index (κ3) is 4.34. The minimum Gasteiger partial charge on any atom is -0.338 e. The molecule has 0 aliphatic rings. The molecule has 0 aliphatic carbocycles. The van der Waals surface area contributed by atoms with Gasteiger partial charge in [-0.05, 0) is 50.5 Å². The lowest BCUT2D eigenvalue weighted by Gasteiger charge is -2.13. The van der Waals surface area contributed by atoms with Crippen LogP contribution in [0.1, 0.15) is 23.4 Å². The number of aryl methyl sites for hydroxylation is 4. The summed E-state index contributed by atoms with van der Waals surface area (Å²) in [7, 11) is 0. The smallest absolute Gasteiger partial charge is 0.319 e. The molecule has 0 bridgehead atoms. The van der Waals surface area contributed by atoms with Crippen LogP contribution in [0.2, 0.25) is 0 Å². The molecule has 22 heavy (non-hydrogen) atoms. The van der Waals surface area contributed by atoms with E-state index in [1.807, 2.05) is 39.1 Å². The first-order valence-corrected chi connectivity index (χ1v) is 8.06. The van der Waals surface area contributed by atoms with E-state index in [2.05, 4.69) is 36.1 Å². The van der Waals surface area contributed by atoms with Gasteiger partial charge in [0.15, 0.2) is 0 Å². The van der Waals surface area contributed by atoms with Crippen LogP contribution in [0.4, 0.5) is 10.5 Å². The van der Waals surface area contributed by atoms with E-state index >= 15 is 0 Å². The number of halogens is 1. The van der Waals surface area contributed by atoms with E-state index in [9.17, 15) is 4.79 Å². The maximum atomic E-state index is 12.0. The lowest BCUT2D eigenvalue weighted by Crippen LogP contribution is -2.30. The highest BCUT2D eigenvalue weighted by atomic mass is 79.9. The molecule has 0 spiro atoms. The van der Waals surface area contributed by atoms with Crippen molar-refractivity contribution in [2.75, 3.05) is 11.9 Å². The molecule has 0 unspecified atom stereocenters. The molecule has 118 valence electrons. The lowest BCUT2D eigenvalue weighted by molar-refractivity contribution is 0.251. The van der Waals surface area contributed by atoms with Gasteiger partial charge in [0.1, 0.15) is 5.82 Å². The molecule has 1 aromatic carbocycles. The van der Waals surface area contributed by atoms with Crippen LogP contribution in [0.15, 0.2) is 29.0 Å². The Bertz CT molecular complexity index is 643. The normalized spacial score (nSPS) is 10.5. The van der Waals surface area contributed by atoms with Gasteiger partial charge < -0.3 is 15.2 Å². The Balaban J connectivity index is 1.80. The van der Waals surface area contributed by atoms with E-state index < -0.39 is 0 Å². The van der Waals surface area contributed by atoms with Gasteiger partial charge in [-0.2, -0.15) is 0 Å². The summed E-state index contributed by atoms with van der Waals surface area (Å²) in [5, 5.41) is 5.81. The van der Waals surface area contributed by atoms with Crippen molar-refractivity contribution in [2.45, 2.75) is 33.7 Å². The molecule has 0 aliphatic heterocycles. The summed E-state index contributed by atoms with van der Waals surface area (Å²) < 4.78 is 3.09. The molecule has 1 aromatic heterocycles. The number of carbonyl (C=O) groups excluding carboxylic acids is 1. The molecule has 2 amide bonds. The molecule has 2 N–H and O–H groups in total. The number of nitrogens with zero attached hydrogens (tertiary/aromatic N) is 2. The van der Waals surface area contributed by atoms with Crippen molar-refractivity contribution < 1.29 is 4.79 Å². The molecule has 5 nitrogen and oxygen atoms in total. The molecule has 1 heterocycles. The number of hydrogen-bond acceptors (Lipinski definition) is 2. The van der Waals surface area contributed by atoms with Crippen molar-refractivity contribution in [3.8, 4) is 0 Å². The van der Waals surface area contributed by atoms with Gasteiger partial charge >= 0.3 is 6.03 Å². The van der Waals surface area contributed by atoms with Gasteiger partial charge in [0, 0.05) is 35.6 Å². The van der Waals surface area contributed by atoms with Crippen LogP contribution in [0, 0.1) is 20.8 Å². The average molecular weight is 365 g/mol. The predicted octanol–water partition coefficient (Wildman–Crippen LogP) is 3.78. The first kappa shape index (κ1) is 16.5. The summed E-state index contributed by atoms with van der Waals surface area (Å²) >= 11 is 3.45. The van der Waals surface area contributed by atoms with E-state index in [-0.39, 0.29) is 6.03 Å². The first-order chi connectivity index (χ1) is 10.5. The van der Waals surface area contributed by atoms with Crippen LogP contribution in [-0.4, -0.2) is 22.1 Å². The molecule has 2 aromatic rings. The van der Waals surface area contributed by atoms with E-state index in [1.54, 1.807) is 6.20 Å². The summed E-state index contributed by atoms with van der Waals surface area (Å²) in [6.07, 6.45) is 4.60. The van der Waals surface area contributed by atoms with E-state index in [0.29, 0.717) is 6.54 Å². The Morgan fingerprint density at radius 3 is 2.55 bits per heavy atom. The number of nitrogens with one attached hydrogen (secondary N) is 2. The largest absolute Gasteiger partial charge is 0.338 e. The highest BCUT2D eigenvalue weighted by molar-refractivity contribution is 9.10. The molecule has 0 saturated carbocycles. The number of anilines is 1. The van der Waals surface area contributed by atoms with Crippen LogP contribution in [0.3, 0.4) is 0 Å². The zero-order valence-corrected chi connectivity index (χ0v) is 14.7. The fourth-order valence-electron chi connectivity index (χ4n) is 2.36. The minimum absolute atomic E-state index is 0.170.